The van der Waals surface area contributed by atoms with Gasteiger partial charge in [0.25, 0.3) is 0 Å². The molecule has 0 aromatic heterocycles. The summed E-state index contributed by atoms with van der Waals surface area (Å²) in [7, 11) is 0. The summed E-state index contributed by atoms with van der Waals surface area (Å²) in [5.41, 5.74) is 0. The summed E-state index contributed by atoms with van der Waals surface area (Å²) in [6.45, 7) is 6.64. The molecule has 0 heterocycles. The Morgan fingerprint density at radius 3 is 2.73 bits per heavy atom. The van der Waals surface area contributed by atoms with Crippen molar-refractivity contribution in [3.63, 3.8) is 0 Å². The normalized spacial score (nSPS) is 13.4. The molecule has 0 amide bonds. The third-order valence-electron chi connectivity index (χ3n) is 1.17. The van der Waals surface area contributed by atoms with Gasteiger partial charge in [-0.05, 0) is 20.8 Å². The van der Waals surface area contributed by atoms with Crippen LogP contribution in [0.1, 0.15) is 20.8 Å². The third-order valence-corrected chi connectivity index (χ3v) is 1.17. The monoisotopic (exact) mass is 157 g/mol. The van der Waals surface area contributed by atoms with E-state index in [9.17, 15) is 4.79 Å². The minimum absolute atomic E-state index is 0.204. The van der Waals surface area contributed by atoms with Crippen LogP contribution in [-0.2, 0) is 9.53 Å². The predicted molar refractivity (Wildman–Crippen MR) is 44.8 cm³/mol. The van der Waals surface area contributed by atoms with Crippen molar-refractivity contribution in [3.8, 4) is 0 Å². The van der Waals surface area contributed by atoms with Gasteiger partial charge in [0, 0.05) is 12.8 Å². The van der Waals surface area contributed by atoms with Gasteiger partial charge in [-0.25, -0.2) is 0 Å². The lowest BCUT2D eigenvalue weighted by Crippen LogP contribution is -2.15. The SMILES string of the molecule is CCN=CC(C)C(=O)OCC. The number of esters is 1. The minimum atomic E-state index is -0.213. The number of carbonyl (C=O) groups excluding carboxylic acids is 1. The van der Waals surface area contributed by atoms with Gasteiger partial charge in [0.15, 0.2) is 0 Å². The van der Waals surface area contributed by atoms with Crippen LogP contribution in [0.15, 0.2) is 4.99 Å². The predicted octanol–water partition coefficient (Wildman–Crippen LogP) is 1.28. The molecule has 0 aromatic rings. The molecule has 3 nitrogen and oxygen atoms in total. The Kier molecular flexibility index (Phi) is 5.43. The fourth-order valence-corrected chi connectivity index (χ4v) is 0.598. The molecule has 1 atom stereocenters. The van der Waals surface area contributed by atoms with Crippen LogP contribution in [0.25, 0.3) is 0 Å². The average Bonchev–Trinajstić information content (AvgIpc) is 2.00. The standard InChI is InChI=1S/C8H15NO2/c1-4-9-6-7(3)8(10)11-5-2/h6-7H,4-5H2,1-3H3. The maximum atomic E-state index is 10.9. The number of hydrogen-bond acceptors (Lipinski definition) is 3. The van der Waals surface area contributed by atoms with E-state index < -0.39 is 0 Å². The second-order valence-electron chi connectivity index (χ2n) is 2.19. The van der Waals surface area contributed by atoms with Crippen molar-refractivity contribution in [1.29, 1.82) is 0 Å². The van der Waals surface area contributed by atoms with Crippen molar-refractivity contribution >= 4 is 12.2 Å². The molecule has 1 unspecified atom stereocenters. The van der Waals surface area contributed by atoms with E-state index in [4.69, 9.17) is 4.74 Å². The first kappa shape index (κ1) is 10.1. The summed E-state index contributed by atoms with van der Waals surface area (Å²) in [5, 5.41) is 0. The maximum Gasteiger partial charge on any atom is 0.314 e. The first-order valence-corrected chi connectivity index (χ1v) is 3.88. The van der Waals surface area contributed by atoms with Crippen molar-refractivity contribution in [1.82, 2.24) is 0 Å². The summed E-state index contributed by atoms with van der Waals surface area (Å²) in [4.78, 5) is 14.9. The smallest absolute Gasteiger partial charge is 0.314 e. The highest BCUT2D eigenvalue weighted by atomic mass is 16.5. The van der Waals surface area contributed by atoms with Gasteiger partial charge in [0.1, 0.15) is 0 Å². The van der Waals surface area contributed by atoms with Crippen molar-refractivity contribution in [2.75, 3.05) is 13.2 Å². The van der Waals surface area contributed by atoms with Crippen molar-refractivity contribution in [2.24, 2.45) is 10.9 Å². The molecular formula is C8H15NO2. The van der Waals surface area contributed by atoms with Gasteiger partial charge in [-0.1, -0.05) is 0 Å². The van der Waals surface area contributed by atoms with Crippen LogP contribution in [0.2, 0.25) is 0 Å². The Labute approximate surface area is 67.5 Å². The Bertz CT molecular complexity index is 143. The lowest BCUT2D eigenvalue weighted by Gasteiger charge is -2.03. The fourth-order valence-electron chi connectivity index (χ4n) is 0.598. The lowest BCUT2D eigenvalue weighted by molar-refractivity contribution is -0.144. The van der Waals surface area contributed by atoms with Gasteiger partial charge < -0.3 is 4.74 Å². The van der Waals surface area contributed by atoms with Gasteiger partial charge in [-0.3, -0.25) is 9.79 Å². The van der Waals surface area contributed by atoms with Gasteiger partial charge in [-0.2, -0.15) is 0 Å². The number of nitrogens with zero attached hydrogens (tertiary/aromatic N) is 1. The first-order chi connectivity index (χ1) is 5.22. The molecule has 0 rings (SSSR count). The molecule has 0 bridgehead atoms. The fraction of sp³-hybridized carbons (Fsp3) is 0.750. The van der Waals surface area contributed by atoms with E-state index in [1.165, 1.54) is 0 Å². The van der Waals surface area contributed by atoms with Crippen LogP contribution < -0.4 is 0 Å². The molecule has 0 spiro atoms. The van der Waals surface area contributed by atoms with Gasteiger partial charge in [0.05, 0.1) is 12.5 Å². The highest BCUT2D eigenvalue weighted by Crippen LogP contribution is 1.94. The second-order valence-corrected chi connectivity index (χ2v) is 2.19. The third kappa shape index (κ3) is 4.53. The average molecular weight is 157 g/mol. The quantitative estimate of drug-likeness (QED) is 0.455. The van der Waals surface area contributed by atoms with E-state index in [1.807, 2.05) is 6.92 Å². The minimum Gasteiger partial charge on any atom is -0.466 e. The molecule has 0 fully saturated rings. The zero-order chi connectivity index (χ0) is 8.69. The summed E-state index contributed by atoms with van der Waals surface area (Å²) >= 11 is 0. The summed E-state index contributed by atoms with van der Waals surface area (Å²) < 4.78 is 4.77. The van der Waals surface area contributed by atoms with E-state index >= 15 is 0 Å². The molecule has 0 saturated heterocycles. The van der Waals surface area contributed by atoms with Gasteiger partial charge in [0.2, 0.25) is 0 Å². The maximum absolute atomic E-state index is 10.9. The Morgan fingerprint density at radius 2 is 2.27 bits per heavy atom. The summed E-state index contributed by atoms with van der Waals surface area (Å²) in [6, 6.07) is 0. The van der Waals surface area contributed by atoms with Crippen molar-refractivity contribution in [2.45, 2.75) is 20.8 Å². The van der Waals surface area contributed by atoms with Crippen molar-refractivity contribution < 1.29 is 9.53 Å². The van der Waals surface area contributed by atoms with Crippen LogP contribution in [0, 0.1) is 5.92 Å². The second kappa shape index (κ2) is 5.89. The molecule has 11 heavy (non-hydrogen) atoms. The summed E-state index contributed by atoms with van der Waals surface area (Å²) in [5.74, 6) is -0.417. The first-order valence-electron chi connectivity index (χ1n) is 3.88. The molecule has 3 heteroatoms. The Morgan fingerprint density at radius 1 is 1.64 bits per heavy atom. The molecule has 0 radical (unpaired) electrons. The molecule has 0 saturated carbocycles. The Balaban J connectivity index is 3.72. The van der Waals surface area contributed by atoms with E-state index in [2.05, 4.69) is 4.99 Å². The highest BCUT2D eigenvalue weighted by molar-refractivity contribution is 5.89. The lowest BCUT2D eigenvalue weighted by atomic mass is 10.2. The molecule has 0 aliphatic carbocycles. The van der Waals surface area contributed by atoms with Crippen LogP contribution in [0.4, 0.5) is 0 Å². The molecule has 0 aromatic carbocycles. The topological polar surface area (TPSA) is 38.7 Å². The molecule has 0 aliphatic rings. The number of rotatable bonds is 4. The number of carbonyl (C=O) groups is 1. The van der Waals surface area contributed by atoms with Gasteiger partial charge >= 0.3 is 5.97 Å². The van der Waals surface area contributed by atoms with E-state index in [0.29, 0.717) is 13.2 Å². The van der Waals surface area contributed by atoms with Crippen LogP contribution in [0.3, 0.4) is 0 Å². The zero-order valence-corrected chi connectivity index (χ0v) is 7.33. The van der Waals surface area contributed by atoms with Crippen LogP contribution >= 0.6 is 0 Å². The van der Waals surface area contributed by atoms with E-state index in [-0.39, 0.29) is 11.9 Å². The molecule has 0 N–H and O–H groups in total. The molecule has 64 valence electrons. The zero-order valence-electron chi connectivity index (χ0n) is 7.33. The number of ether oxygens (including phenoxy) is 1. The Hall–Kier alpha value is -0.860. The van der Waals surface area contributed by atoms with E-state index in [0.717, 1.165) is 0 Å². The molecular weight excluding hydrogens is 142 g/mol. The van der Waals surface area contributed by atoms with Crippen molar-refractivity contribution in [3.05, 3.63) is 0 Å². The van der Waals surface area contributed by atoms with Crippen LogP contribution in [0.5, 0.6) is 0 Å². The number of aliphatic imine (C=N–C) groups is 1. The van der Waals surface area contributed by atoms with Crippen LogP contribution in [-0.4, -0.2) is 25.3 Å². The van der Waals surface area contributed by atoms with Gasteiger partial charge in [-0.15, -0.1) is 0 Å². The molecule has 0 aliphatic heterocycles. The highest BCUT2D eigenvalue weighted by Gasteiger charge is 2.09. The summed E-state index contributed by atoms with van der Waals surface area (Å²) in [6.07, 6.45) is 1.62. The number of hydrogen-bond donors (Lipinski definition) is 0. The van der Waals surface area contributed by atoms with E-state index in [1.54, 1.807) is 20.1 Å². The largest absolute Gasteiger partial charge is 0.466 e.